The molecule has 0 aliphatic carbocycles. The van der Waals surface area contributed by atoms with E-state index in [1.165, 1.54) is 23.4 Å². The van der Waals surface area contributed by atoms with Gasteiger partial charge in [-0.25, -0.2) is 9.97 Å². The van der Waals surface area contributed by atoms with E-state index in [4.69, 9.17) is 32.9 Å². The Morgan fingerprint density at radius 2 is 1.83 bits per heavy atom. The second-order valence-corrected chi connectivity index (χ2v) is 13.2. The number of carbonyl (C=O) groups excluding carboxylic acids is 2. The third-order valence-corrected chi connectivity index (χ3v) is 9.37. The van der Waals surface area contributed by atoms with Gasteiger partial charge in [-0.1, -0.05) is 30.7 Å². The average molecular weight is 771 g/mol. The molecule has 2 aliphatic heterocycles. The number of aromatic nitrogens is 6. The van der Waals surface area contributed by atoms with E-state index in [1.54, 1.807) is 11.5 Å². The molecular formula is C34H31Cl2F2N9O6. The Bertz CT molecular complexity index is 2320. The van der Waals surface area contributed by atoms with Gasteiger partial charge in [-0.15, -0.1) is 13.9 Å². The van der Waals surface area contributed by atoms with Crippen molar-refractivity contribution in [2.45, 2.75) is 45.6 Å². The maximum Gasteiger partial charge on any atom is 0.487 e. The number of nitrogens with zero attached hydrogens (tertiary/aromatic N) is 8. The summed E-state index contributed by atoms with van der Waals surface area (Å²) in [5, 5.41) is 17.6. The van der Waals surface area contributed by atoms with E-state index in [2.05, 4.69) is 25.1 Å². The summed E-state index contributed by atoms with van der Waals surface area (Å²) in [6, 6.07) is 9.22. The van der Waals surface area contributed by atoms with Gasteiger partial charge in [0.25, 0.3) is 11.5 Å². The molecular weight excluding hydrogens is 739 g/mol. The lowest BCUT2D eigenvalue weighted by Crippen LogP contribution is -2.51. The highest BCUT2D eigenvalue weighted by Crippen LogP contribution is 2.32. The molecule has 0 saturated carbocycles. The fraction of sp³-hybridized carbons (Fsp3) is 0.324. The van der Waals surface area contributed by atoms with Crippen LogP contribution in [0.3, 0.4) is 0 Å². The summed E-state index contributed by atoms with van der Waals surface area (Å²) in [5.74, 6) is -1.27. The molecule has 1 saturated heterocycles. The lowest BCUT2D eigenvalue weighted by Gasteiger charge is -2.36. The lowest BCUT2D eigenvalue weighted by molar-refractivity contribution is -0.116. The Morgan fingerprint density at radius 3 is 2.55 bits per heavy atom. The van der Waals surface area contributed by atoms with Crippen molar-refractivity contribution in [1.29, 1.82) is 0 Å². The van der Waals surface area contributed by atoms with Crippen LogP contribution in [0.1, 0.15) is 39.9 Å². The lowest BCUT2D eigenvalue weighted by atomic mass is 10.1. The van der Waals surface area contributed by atoms with Gasteiger partial charge in [-0.2, -0.15) is 9.50 Å². The highest BCUT2D eigenvalue weighted by molar-refractivity contribution is 6.33. The van der Waals surface area contributed by atoms with Gasteiger partial charge in [0.05, 0.1) is 35.3 Å². The zero-order valence-corrected chi connectivity index (χ0v) is 29.8. The highest BCUT2D eigenvalue weighted by atomic mass is 35.5. The van der Waals surface area contributed by atoms with Gasteiger partial charge >= 0.3 is 5.57 Å². The van der Waals surface area contributed by atoms with Gasteiger partial charge in [0.15, 0.2) is 17.3 Å². The number of aromatic hydroxyl groups is 1. The Kier molecular flexibility index (Phi) is 9.65. The molecule has 53 heavy (non-hydrogen) atoms. The summed E-state index contributed by atoms with van der Waals surface area (Å²) in [4.78, 5) is 57.2. The third-order valence-electron chi connectivity index (χ3n) is 8.98. The number of ether oxygens (including phenoxy) is 2. The largest absolute Gasteiger partial charge is 0.504 e. The number of nitrogens with one attached hydrogen (secondary N) is 1. The molecule has 1 fully saturated rings. The van der Waals surface area contributed by atoms with Crippen LogP contribution < -0.4 is 20.5 Å². The van der Waals surface area contributed by atoms with Crippen LogP contribution in [0.4, 0.5) is 20.2 Å². The molecule has 0 atom stereocenters. The second kappa shape index (κ2) is 14.2. The third kappa shape index (κ3) is 7.19. The van der Waals surface area contributed by atoms with E-state index in [-0.39, 0.29) is 83.6 Å². The maximum atomic E-state index is 14.3. The molecule has 19 heteroatoms. The summed E-state index contributed by atoms with van der Waals surface area (Å²) in [6.07, 6.45) is 1.52. The van der Waals surface area contributed by atoms with Crippen LogP contribution in [0.5, 0.6) is 11.5 Å². The first-order valence-electron chi connectivity index (χ1n) is 16.4. The van der Waals surface area contributed by atoms with E-state index < -0.39 is 22.9 Å². The predicted molar refractivity (Wildman–Crippen MR) is 189 cm³/mol. The Labute approximate surface area is 309 Å². The minimum atomic E-state index is -3.95. The van der Waals surface area contributed by atoms with E-state index in [9.17, 15) is 28.3 Å². The van der Waals surface area contributed by atoms with Gasteiger partial charge in [-0.05, 0) is 42.7 Å². The number of rotatable bonds is 9. The molecule has 276 valence electrons. The van der Waals surface area contributed by atoms with Gasteiger partial charge in [0.2, 0.25) is 11.7 Å². The van der Waals surface area contributed by atoms with Crippen molar-refractivity contribution in [3.63, 3.8) is 0 Å². The number of hydrogen-bond acceptors (Lipinski definition) is 11. The number of amides is 2. The summed E-state index contributed by atoms with van der Waals surface area (Å²) >= 11 is 11.2. The quantitative estimate of drug-likeness (QED) is 0.204. The number of piperazine rings is 1. The molecule has 0 radical (unpaired) electrons. The van der Waals surface area contributed by atoms with Crippen LogP contribution in [0.15, 0.2) is 47.5 Å². The molecule has 5 aromatic rings. The number of hydrogen-bond donors (Lipinski definition) is 2. The number of halogens is 4. The van der Waals surface area contributed by atoms with Crippen LogP contribution in [-0.4, -0.2) is 82.7 Å². The molecule has 15 nitrogen and oxygen atoms in total. The number of carbonyl (C=O) groups is 2. The van der Waals surface area contributed by atoms with Crippen molar-refractivity contribution in [3.8, 4) is 22.9 Å². The molecule has 0 spiro atoms. The first kappa shape index (κ1) is 36.0. The number of fused-ring (bicyclic) bond motifs is 2. The summed E-state index contributed by atoms with van der Waals surface area (Å²) in [6.45, 7) is 4.89. The first-order chi connectivity index (χ1) is 25.3. The maximum absolute atomic E-state index is 14.3. The minimum Gasteiger partial charge on any atom is -0.504 e. The van der Waals surface area contributed by atoms with Crippen LogP contribution in [-0.2, 0) is 35.7 Å². The molecule has 7 rings (SSSR count). The van der Waals surface area contributed by atoms with Crippen molar-refractivity contribution in [2.75, 3.05) is 36.4 Å². The first-order valence-corrected chi connectivity index (χ1v) is 17.2. The van der Waals surface area contributed by atoms with Crippen molar-refractivity contribution in [2.24, 2.45) is 0 Å². The fourth-order valence-corrected chi connectivity index (χ4v) is 6.70. The van der Waals surface area contributed by atoms with E-state index >= 15 is 0 Å². The fourth-order valence-electron chi connectivity index (χ4n) is 6.40. The number of aryl methyl sites for hydroxylation is 1. The van der Waals surface area contributed by atoms with Gasteiger partial charge in [0, 0.05) is 49.4 Å². The topological polar surface area (TPSA) is 169 Å². The molecule has 2 amide bonds. The van der Waals surface area contributed by atoms with Crippen molar-refractivity contribution in [1.82, 2.24) is 34.0 Å². The molecule has 2 aromatic carbocycles. The van der Waals surface area contributed by atoms with Crippen molar-refractivity contribution in [3.05, 3.63) is 86.3 Å². The standard InChI is InChI=1S/C34H31Cl2F2N9O6/c1-3-25-28(44-8-10-45(11-9-44)31(50)27-29(49)18(2)39-17-40-27)32(51)47-33(42-30(43-47)19-4-5-20-15-52-16-21(20)12-19)46(25)14-26(48)41-24-7-6-22(13-23(24)35)53-34(36,37)38/h4-7,12-13,17,49H,3,8-11,14-16H2,1-2H3,(H,41,48). The number of anilines is 2. The molecule has 2 aliphatic rings. The smallest absolute Gasteiger partial charge is 0.487 e. The molecule has 3 aromatic heterocycles. The monoisotopic (exact) mass is 769 g/mol. The highest BCUT2D eigenvalue weighted by Gasteiger charge is 2.31. The number of benzene rings is 2. The van der Waals surface area contributed by atoms with Crippen LogP contribution in [0.25, 0.3) is 17.2 Å². The molecule has 0 bridgehead atoms. The molecule has 5 heterocycles. The van der Waals surface area contributed by atoms with Gasteiger partial charge in [-0.3, -0.25) is 14.4 Å². The summed E-state index contributed by atoms with van der Waals surface area (Å²) < 4.78 is 39.0. The zero-order chi connectivity index (χ0) is 37.6. The van der Waals surface area contributed by atoms with E-state index in [0.29, 0.717) is 30.9 Å². The van der Waals surface area contributed by atoms with Gasteiger partial charge < -0.3 is 34.3 Å². The number of alkyl halides is 3. The van der Waals surface area contributed by atoms with Crippen LogP contribution in [0.2, 0.25) is 5.02 Å². The van der Waals surface area contributed by atoms with E-state index in [0.717, 1.165) is 21.7 Å². The van der Waals surface area contributed by atoms with Crippen molar-refractivity contribution >= 4 is 52.2 Å². The SMILES string of the molecule is CCc1c(N2CCN(C(=O)c3ncnc(C)c3O)CC2)c(=O)n2nc(-c3ccc4c(c3)COC4)nc2n1CC(=O)Nc1ccc(OC(F)(F)Cl)cc1Cl. The zero-order valence-electron chi connectivity index (χ0n) is 28.3. The van der Waals surface area contributed by atoms with Crippen LogP contribution in [0, 0.1) is 6.92 Å². The average Bonchev–Trinajstić information content (AvgIpc) is 3.79. The molecule has 2 N–H and O–H groups in total. The predicted octanol–water partition coefficient (Wildman–Crippen LogP) is 4.38. The Morgan fingerprint density at radius 1 is 1.08 bits per heavy atom. The van der Waals surface area contributed by atoms with E-state index in [1.807, 2.05) is 30.0 Å². The normalized spacial score (nSPS) is 14.5. The Hall–Kier alpha value is -5.39. The summed E-state index contributed by atoms with van der Waals surface area (Å²) in [7, 11) is 0. The summed E-state index contributed by atoms with van der Waals surface area (Å²) in [5.41, 5.74) is -0.694. The Balaban J connectivity index is 1.24. The molecule has 0 unspecified atom stereocenters. The van der Waals surface area contributed by atoms with Crippen LogP contribution >= 0.6 is 23.2 Å². The second-order valence-electron chi connectivity index (χ2n) is 12.3. The minimum absolute atomic E-state index is 0.0820. The van der Waals surface area contributed by atoms with Gasteiger partial charge in [0.1, 0.15) is 24.3 Å². The van der Waals surface area contributed by atoms with Crippen molar-refractivity contribution < 1.29 is 33.0 Å².